The molecule has 0 aliphatic carbocycles. The van der Waals surface area contributed by atoms with Gasteiger partial charge in [-0.2, -0.15) is 0 Å². The number of anilines is 1. The van der Waals surface area contributed by atoms with Crippen molar-refractivity contribution in [2.24, 2.45) is 5.73 Å². The summed E-state index contributed by atoms with van der Waals surface area (Å²) in [7, 11) is 0. The Morgan fingerprint density at radius 2 is 1.95 bits per heavy atom. The molecule has 1 aromatic heterocycles. The molecule has 0 bridgehead atoms. The summed E-state index contributed by atoms with van der Waals surface area (Å²) in [5, 5.41) is 0. The van der Waals surface area contributed by atoms with E-state index in [1.807, 2.05) is 32.0 Å². The normalized spacial score (nSPS) is 10.2. The number of nitrogen functional groups attached to an aromatic ring is 1. The first kappa shape index (κ1) is 12.9. The van der Waals surface area contributed by atoms with Gasteiger partial charge in [-0.05, 0) is 43.2 Å². The van der Waals surface area contributed by atoms with Gasteiger partial charge in [0.05, 0.1) is 11.9 Å². The highest BCUT2D eigenvalue weighted by atomic mass is 16.5. The standard InChI is InChI=1S/C14H15N3O2/c1-8-3-4-11(5-9(8)2)19-14-12(13(16)18)6-10(15)7-17-14/h3-7H,15H2,1-2H3,(H2,16,18). The number of carbonyl (C=O) groups excluding carboxylic acids is 1. The van der Waals surface area contributed by atoms with Gasteiger partial charge in [0.1, 0.15) is 11.3 Å². The molecule has 98 valence electrons. The van der Waals surface area contributed by atoms with Crippen LogP contribution < -0.4 is 16.2 Å². The van der Waals surface area contributed by atoms with Gasteiger partial charge in [-0.15, -0.1) is 0 Å². The van der Waals surface area contributed by atoms with Crippen LogP contribution >= 0.6 is 0 Å². The first-order valence-corrected chi connectivity index (χ1v) is 5.78. The molecule has 0 saturated heterocycles. The van der Waals surface area contributed by atoms with Crippen molar-refractivity contribution in [3.63, 3.8) is 0 Å². The molecule has 0 fully saturated rings. The Kier molecular flexibility index (Phi) is 3.37. The quantitative estimate of drug-likeness (QED) is 0.881. The van der Waals surface area contributed by atoms with Crippen molar-refractivity contribution >= 4 is 11.6 Å². The number of hydrogen-bond acceptors (Lipinski definition) is 4. The average Bonchev–Trinajstić information content (AvgIpc) is 2.36. The molecule has 0 aliphatic rings. The van der Waals surface area contributed by atoms with E-state index in [0.29, 0.717) is 11.4 Å². The van der Waals surface area contributed by atoms with Gasteiger partial charge in [-0.3, -0.25) is 4.79 Å². The Morgan fingerprint density at radius 1 is 1.21 bits per heavy atom. The lowest BCUT2D eigenvalue weighted by Gasteiger charge is -2.10. The van der Waals surface area contributed by atoms with Gasteiger partial charge in [0.2, 0.25) is 5.88 Å². The molecule has 5 nitrogen and oxygen atoms in total. The van der Waals surface area contributed by atoms with Gasteiger partial charge in [-0.25, -0.2) is 4.98 Å². The summed E-state index contributed by atoms with van der Waals surface area (Å²) >= 11 is 0. The van der Waals surface area contributed by atoms with Crippen molar-refractivity contribution in [2.45, 2.75) is 13.8 Å². The van der Waals surface area contributed by atoms with E-state index in [1.54, 1.807) is 0 Å². The minimum Gasteiger partial charge on any atom is -0.438 e. The van der Waals surface area contributed by atoms with E-state index in [0.717, 1.165) is 11.1 Å². The monoisotopic (exact) mass is 257 g/mol. The average molecular weight is 257 g/mol. The summed E-state index contributed by atoms with van der Waals surface area (Å²) in [6.45, 7) is 3.99. The number of nitrogens with two attached hydrogens (primary N) is 2. The number of ether oxygens (including phenoxy) is 1. The third kappa shape index (κ3) is 2.82. The molecule has 2 rings (SSSR count). The molecule has 5 heteroatoms. The number of pyridine rings is 1. The van der Waals surface area contributed by atoms with E-state index in [4.69, 9.17) is 16.2 Å². The van der Waals surface area contributed by atoms with Gasteiger partial charge < -0.3 is 16.2 Å². The van der Waals surface area contributed by atoms with Crippen molar-refractivity contribution in [3.05, 3.63) is 47.2 Å². The molecule has 0 atom stereocenters. The van der Waals surface area contributed by atoms with Crippen LogP contribution in [0, 0.1) is 13.8 Å². The van der Waals surface area contributed by atoms with Crippen molar-refractivity contribution in [1.82, 2.24) is 4.98 Å². The highest BCUT2D eigenvalue weighted by molar-refractivity contribution is 5.95. The zero-order valence-corrected chi connectivity index (χ0v) is 10.8. The molecule has 19 heavy (non-hydrogen) atoms. The first-order valence-electron chi connectivity index (χ1n) is 5.78. The fraction of sp³-hybridized carbons (Fsp3) is 0.143. The Hall–Kier alpha value is -2.56. The number of benzene rings is 1. The SMILES string of the molecule is Cc1ccc(Oc2ncc(N)cc2C(N)=O)cc1C. The molecule has 1 amide bonds. The second-order valence-electron chi connectivity index (χ2n) is 4.33. The Labute approximate surface area is 111 Å². The van der Waals surface area contributed by atoms with Crippen LogP contribution in [0.2, 0.25) is 0 Å². The van der Waals surface area contributed by atoms with Crippen LogP contribution in [0.4, 0.5) is 5.69 Å². The predicted molar refractivity (Wildman–Crippen MR) is 73.2 cm³/mol. The van der Waals surface area contributed by atoms with Crippen LogP contribution in [0.1, 0.15) is 21.5 Å². The predicted octanol–water partition coefficient (Wildman–Crippen LogP) is 2.17. The summed E-state index contributed by atoms with van der Waals surface area (Å²) in [5.41, 5.74) is 13.6. The van der Waals surface area contributed by atoms with Gasteiger partial charge in [-0.1, -0.05) is 6.07 Å². The molecule has 0 spiro atoms. The second-order valence-corrected chi connectivity index (χ2v) is 4.33. The molecular weight excluding hydrogens is 242 g/mol. The number of primary amides is 1. The second kappa shape index (κ2) is 4.97. The molecule has 0 aliphatic heterocycles. The minimum absolute atomic E-state index is 0.157. The van der Waals surface area contributed by atoms with Crippen LogP contribution in [-0.2, 0) is 0 Å². The summed E-state index contributed by atoms with van der Waals surface area (Å²) in [4.78, 5) is 15.3. The fourth-order valence-corrected chi connectivity index (χ4v) is 1.62. The lowest BCUT2D eigenvalue weighted by Crippen LogP contribution is -2.13. The zero-order chi connectivity index (χ0) is 14.0. The number of amides is 1. The highest BCUT2D eigenvalue weighted by Gasteiger charge is 2.12. The number of aryl methyl sites for hydroxylation is 2. The van der Waals surface area contributed by atoms with Crippen molar-refractivity contribution < 1.29 is 9.53 Å². The summed E-state index contributed by atoms with van der Waals surface area (Å²) in [6.07, 6.45) is 1.42. The topological polar surface area (TPSA) is 91.2 Å². The maximum atomic E-state index is 11.3. The Bertz CT molecular complexity index is 639. The number of carbonyl (C=O) groups is 1. The Morgan fingerprint density at radius 3 is 2.58 bits per heavy atom. The number of rotatable bonds is 3. The minimum atomic E-state index is -0.626. The molecule has 1 aromatic carbocycles. The van der Waals surface area contributed by atoms with Gasteiger partial charge >= 0.3 is 0 Å². The van der Waals surface area contributed by atoms with E-state index in [-0.39, 0.29) is 11.4 Å². The molecule has 0 saturated carbocycles. The fourth-order valence-electron chi connectivity index (χ4n) is 1.62. The van der Waals surface area contributed by atoms with E-state index < -0.39 is 5.91 Å². The third-order valence-corrected chi connectivity index (χ3v) is 2.83. The molecule has 0 radical (unpaired) electrons. The summed E-state index contributed by atoms with van der Waals surface area (Å²) < 4.78 is 5.59. The van der Waals surface area contributed by atoms with E-state index in [1.165, 1.54) is 12.3 Å². The first-order chi connectivity index (χ1) is 8.97. The van der Waals surface area contributed by atoms with Crippen molar-refractivity contribution in [3.8, 4) is 11.6 Å². The molecule has 0 unspecified atom stereocenters. The van der Waals surface area contributed by atoms with E-state index in [9.17, 15) is 4.79 Å². The largest absolute Gasteiger partial charge is 0.438 e. The van der Waals surface area contributed by atoms with Crippen LogP contribution in [-0.4, -0.2) is 10.9 Å². The van der Waals surface area contributed by atoms with Crippen LogP contribution in [0.25, 0.3) is 0 Å². The van der Waals surface area contributed by atoms with Crippen LogP contribution in [0.3, 0.4) is 0 Å². The van der Waals surface area contributed by atoms with Gasteiger partial charge in [0.25, 0.3) is 5.91 Å². The van der Waals surface area contributed by atoms with Crippen LogP contribution in [0.15, 0.2) is 30.5 Å². The highest BCUT2D eigenvalue weighted by Crippen LogP contribution is 2.25. The number of nitrogens with zero attached hydrogens (tertiary/aromatic N) is 1. The van der Waals surface area contributed by atoms with Gasteiger partial charge in [0.15, 0.2) is 0 Å². The number of hydrogen-bond donors (Lipinski definition) is 2. The molecule has 1 heterocycles. The maximum absolute atomic E-state index is 11.3. The third-order valence-electron chi connectivity index (χ3n) is 2.83. The van der Waals surface area contributed by atoms with Gasteiger partial charge in [0, 0.05) is 0 Å². The smallest absolute Gasteiger partial charge is 0.254 e. The van der Waals surface area contributed by atoms with Crippen LogP contribution in [0.5, 0.6) is 11.6 Å². The Balaban J connectivity index is 2.37. The van der Waals surface area contributed by atoms with Crippen molar-refractivity contribution in [1.29, 1.82) is 0 Å². The lowest BCUT2D eigenvalue weighted by molar-refractivity contribution is 0.0997. The van der Waals surface area contributed by atoms with E-state index in [2.05, 4.69) is 4.98 Å². The maximum Gasteiger partial charge on any atom is 0.254 e. The number of aromatic nitrogens is 1. The summed E-state index contributed by atoms with van der Waals surface area (Å²) in [5.74, 6) is 0.131. The summed E-state index contributed by atoms with van der Waals surface area (Å²) in [6, 6.07) is 7.07. The molecular formula is C14H15N3O2. The van der Waals surface area contributed by atoms with E-state index >= 15 is 0 Å². The zero-order valence-electron chi connectivity index (χ0n) is 10.8. The van der Waals surface area contributed by atoms with Crippen molar-refractivity contribution in [2.75, 3.05) is 5.73 Å². The lowest BCUT2D eigenvalue weighted by atomic mass is 10.1. The molecule has 2 aromatic rings. The molecule has 4 N–H and O–H groups in total.